The Morgan fingerprint density at radius 2 is 1.73 bits per heavy atom. The molecule has 0 aliphatic carbocycles. The summed E-state index contributed by atoms with van der Waals surface area (Å²) in [6.45, 7) is 5.48. The Bertz CT molecular complexity index is 1240. The van der Waals surface area contributed by atoms with Crippen molar-refractivity contribution in [3.8, 4) is 22.9 Å². The Balaban J connectivity index is 1.22. The van der Waals surface area contributed by atoms with Gasteiger partial charge in [-0.2, -0.15) is 9.29 Å². The number of nitrogens with zero attached hydrogens (tertiary/aromatic N) is 4. The smallest absolute Gasteiger partial charge is 0.243 e. The first-order valence-electron chi connectivity index (χ1n) is 11.0. The Morgan fingerprint density at radius 1 is 0.970 bits per heavy atom. The molecule has 0 spiro atoms. The van der Waals surface area contributed by atoms with Crippen molar-refractivity contribution in [3.05, 3.63) is 53.9 Å². The Hall–Kier alpha value is -2.95. The maximum Gasteiger partial charge on any atom is 0.243 e. The highest BCUT2D eigenvalue weighted by Crippen LogP contribution is 2.33. The second-order valence-electron chi connectivity index (χ2n) is 8.17. The molecule has 2 aromatic carbocycles. The number of hydrogen-bond donors (Lipinski definition) is 0. The van der Waals surface area contributed by atoms with Gasteiger partial charge in [-0.25, -0.2) is 8.42 Å². The lowest BCUT2D eigenvalue weighted by Gasteiger charge is -2.33. The van der Waals surface area contributed by atoms with E-state index < -0.39 is 10.0 Å². The van der Waals surface area contributed by atoms with Crippen molar-refractivity contribution < 1.29 is 22.4 Å². The lowest BCUT2D eigenvalue weighted by atomic mass is 10.1. The molecular weight excluding hydrogens is 444 g/mol. The Labute approximate surface area is 193 Å². The van der Waals surface area contributed by atoms with Crippen LogP contribution in [0.4, 0.5) is 0 Å². The highest BCUT2D eigenvalue weighted by molar-refractivity contribution is 7.89. The molecule has 3 heterocycles. The van der Waals surface area contributed by atoms with Crippen LogP contribution in [0.15, 0.2) is 51.9 Å². The molecule has 5 rings (SSSR count). The lowest BCUT2D eigenvalue weighted by Crippen LogP contribution is -2.48. The van der Waals surface area contributed by atoms with Crippen LogP contribution in [0.25, 0.3) is 11.4 Å². The van der Waals surface area contributed by atoms with E-state index in [1.165, 1.54) is 4.31 Å². The molecule has 1 saturated heterocycles. The van der Waals surface area contributed by atoms with E-state index in [4.69, 9.17) is 14.0 Å². The van der Waals surface area contributed by atoms with Crippen LogP contribution in [-0.2, 0) is 16.6 Å². The van der Waals surface area contributed by atoms with Gasteiger partial charge in [0, 0.05) is 44.2 Å². The van der Waals surface area contributed by atoms with Crippen molar-refractivity contribution in [2.24, 2.45) is 0 Å². The van der Waals surface area contributed by atoms with Crippen LogP contribution in [0.5, 0.6) is 11.5 Å². The molecule has 0 unspecified atom stereocenters. The highest BCUT2D eigenvalue weighted by atomic mass is 32.2. The van der Waals surface area contributed by atoms with Gasteiger partial charge < -0.3 is 14.0 Å². The van der Waals surface area contributed by atoms with E-state index in [9.17, 15) is 8.42 Å². The van der Waals surface area contributed by atoms with E-state index in [1.807, 2.05) is 31.2 Å². The predicted octanol–water partition coefficient (Wildman–Crippen LogP) is 2.71. The van der Waals surface area contributed by atoms with Crippen LogP contribution >= 0.6 is 0 Å². The zero-order valence-electron chi connectivity index (χ0n) is 18.4. The van der Waals surface area contributed by atoms with Crippen molar-refractivity contribution in [2.75, 3.05) is 39.4 Å². The number of piperazine rings is 1. The molecule has 1 aromatic heterocycles. The molecule has 0 amide bonds. The third-order valence-corrected chi connectivity index (χ3v) is 7.80. The van der Waals surface area contributed by atoms with Crippen molar-refractivity contribution in [1.29, 1.82) is 0 Å². The summed E-state index contributed by atoms with van der Waals surface area (Å²) in [5.74, 6) is 2.15. The van der Waals surface area contributed by atoms with E-state index in [0.717, 1.165) is 17.5 Å². The summed E-state index contributed by atoms with van der Waals surface area (Å²) in [7, 11) is -3.62. The molecule has 0 saturated carbocycles. The van der Waals surface area contributed by atoms with Crippen LogP contribution < -0.4 is 9.47 Å². The van der Waals surface area contributed by atoms with Crippen LogP contribution in [0, 0.1) is 6.92 Å². The van der Waals surface area contributed by atoms with E-state index in [2.05, 4.69) is 15.0 Å². The molecule has 0 N–H and O–H groups in total. The number of benzene rings is 2. The second kappa shape index (κ2) is 9.12. The molecule has 2 aliphatic rings. The SMILES string of the molecule is Cc1ccccc1-c1noc(CN2CCN(S(=O)(=O)c3ccc4c(c3)OCCCO4)CC2)n1. The fourth-order valence-corrected chi connectivity index (χ4v) is 5.46. The van der Waals surface area contributed by atoms with Gasteiger partial charge in [0.05, 0.1) is 24.7 Å². The molecule has 0 atom stereocenters. The molecule has 3 aromatic rings. The minimum Gasteiger partial charge on any atom is -0.490 e. The molecule has 1 fully saturated rings. The molecule has 0 radical (unpaired) electrons. The molecular formula is C23H26N4O5S. The average molecular weight is 471 g/mol. The van der Waals surface area contributed by atoms with Crippen LogP contribution in [0.3, 0.4) is 0 Å². The Kier molecular flexibility index (Phi) is 6.05. The zero-order valence-corrected chi connectivity index (χ0v) is 19.3. The number of ether oxygens (including phenoxy) is 2. The van der Waals surface area contributed by atoms with Gasteiger partial charge in [0.1, 0.15) is 0 Å². The molecule has 33 heavy (non-hydrogen) atoms. The first-order chi connectivity index (χ1) is 16.0. The summed E-state index contributed by atoms with van der Waals surface area (Å²) in [4.78, 5) is 6.86. The summed E-state index contributed by atoms with van der Waals surface area (Å²) in [6.07, 6.45) is 0.769. The van der Waals surface area contributed by atoms with Crippen molar-refractivity contribution in [3.63, 3.8) is 0 Å². The second-order valence-corrected chi connectivity index (χ2v) is 10.1. The molecule has 9 nitrogen and oxygen atoms in total. The normalized spacial score (nSPS) is 17.6. The van der Waals surface area contributed by atoms with E-state index >= 15 is 0 Å². The van der Waals surface area contributed by atoms with Crippen molar-refractivity contribution in [1.82, 2.24) is 19.3 Å². The summed E-state index contributed by atoms with van der Waals surface area (Å²) in [5, 5.41) is 4.11. The number of hydrogen-bond acceptors (Lipinski definition) is 8. The quantitative estimate of drug-likeness (QED) is 0.561. The largest absolute Gasteiger partial charge is 0.490 e. The molecule has 0 bridgehead atoms. The topological polar surface area (TPSA) is 98.0 Å². The molecule has 2 aliphatic heterocycles. The van der Waals surface area contributed by atoms with Gasteiger partial charge >= 0.3 is 0 Å². The lowest BCUT2D eigenvalue weighted by molar-refractivity contribution is 0.163. The number of sulfonamides is 1. The highest BCUT2D eigenvalue weighted by Gasteiger charge is 2.30. The van der Waals surface area contributed by atoms with Gasteiger partial charge in [0.2, 0.25) is 21.7 Å². The van der Waals surface area contributed by atoms with Crippen LogP contribution in [0.2, 0.25) is 0 Å². The van der Waals surface area contributed by atoms with Crippen LogP contribution in [-0.4, -0.2) is 67.2 Å². The predicted molar refractivity (Wildman–Crippen MR) is 121 cm³/mol. The van der Waals surface area contributed by atoms with Gasteiger partial charge in [-0.3, -0.25) is 4.90 Å². The first kappa shape index (κ1) is 21.9. The summed E-state index contributed by atoms with van der Waals surface area (Å²) < 4.78 is 44.6. The Morgan fingerprint density at radius 3 is 2.52 bits per heavy atom. The van der Waals surface area contributed by atoms with Gasteiger partial charge in [-0.05, 0) is 24.6 Å². The number of aromatic nitrogens is 2. The average Bonchev–Trinajstić information content (AvgIpc) is 3.15. The number of aryl methyl sites for hydroxylation is 1. The fourth-order valence-electron chi connectivity index (χ4n) is 4.02. The summed E-state index contributed by atoms with van der Waals surface area (Å²) >= 11 is 0. The fraction of sp³-hybridized carbons (Fsp3) is 0.391. The van der Waals surface area contributed by atoms with Crippen molar-refractivity contribution in [2.45, 2.75) is 24.8 Å². The van der Waals surface area contributed by atoms with E-state index in [-0.39, 0.29) is 4.90 Å². The minimum atomic E-state index is -3.62. The van der Waals surface area contributed by atoms with Gasteiger partial charge in [0.15, 0.2) is 11.5 Å². The van der Waals surface area contributed by atoms with Gasteiger partial charge in [-0.1, -0.05) is 29.4 Å². The zero-order chi connectivity index (χ0) is 22.8. The molecule has 174 valence electrons. The molecule has 10 heteroatoms. The van der Waals surface area contributed by atoms with Crippen molar-refractivity contribution >= 4 is 10.0 Å². The monoisotopic (exact) mass is 470 g/mol. The first-order valence-corrected chi connectivity index (χ1v) is 12.5. The maximum absolute atomic E-state index is 13.2. The van der Waals surface area contributed by atoms with Gasteiger partial charge in [0.25, 0.3) is 0 Å². The standard InChI is InChI=1S/C23H26N4O5S/c1-17-5-2-3-6-19(17)23-24-22(32-25-23)16-26-9-11-27(12-10-26)33(28,29)18-7-8-20-21(15-18)31-14-4-13-30-20/h2-3,5-8,15H,4,9-14,16H2,1H3. The maximum atomic E-state index is 13.2. The summed E-state index contributed by atoms with van der Waals surface area (Å²) in [6, 6.07) is 12.7. The van der Waals surface area contributed by atoms with Gasteiger partial charge in [-0.15, -0.1) is 0 Å². The minimum absolute atomic E-state index is 0.222. The number of fused-ring (bicyclic) bond motifs is 1. The van der Waals surface area contributed by atoms with Crippen LogP contribution in [0.1, 0.15) is 17.9 Å². The van der Waals surface area contributed by atoms with E-state index in [0.29, 0.717) is 69.2 Å². The summed E-state index contributed by atoms with van der Waals surface area (Å²) in [5.41, 5.74) is 2.02. The third-order valence-electron chi connectivity index (χ3n) is 5.90. The van der Waals surface area contributed by atoms with E-state index in [1.54, 1.807) is 18.2 Å². The number of rotatable bonds is 5. The third kappa shape index (κ3) is 4.59.